The first-order valence-electron chi connectivity index (χ1n) is 9.24. The normalized spacial score (nSPS) is 23.1. The van der Waals surface area contributed by atoms with Crippen molar-refractivity contribution in [3.63, 3.8) is 0 Å². The van der Waals surface area contributed by atoms with Gasteiger partial charge in [0.25, 0.3) is 0 Å². The predicted molar refractivity (Wildman–Crippen MR) is 101 cm³/mol. The van der Waals surface area contributed by atoms with Gasteiger partial charge in [0, 0.05) is 18.6 Å². The molecular weight excluding hydrogens is 294 g/mol. The van der Waals surface area contributed by atoms with E-state index >= 15 is 0 Å². The second-order valence-electron chi connectivity index (χ2n) is 7.16. The van der Waals surface area contributed by atoms with Crippen LogP contribution in [-0.4, -0.2) is 28.6 Å². The van der Waals surface area contributed by atoms with Gasteiger partial charge in [0.1, 0.15) is 0 Å². The summed E-state index contributed by atoms with van der Waals surface area (Å²) in [5.74, 6) is 0. The summed E-state index contributed by atoms with van der Waals surface area (Å²) in [4.78, 5) is 2.56. The van der Waals surface area contributed by atoms with Crippen LogP contribution in [0.3, 0.4) is 0 Å². The van der Waals surface area contributed by atoms with Crippen molar-refractivity contribution in [2.75, 3.05) is 6.54 Å². The van der Waals surface area contributed by atoms with Gasteiger partial charge in [0.15, 0.2) is 0 Å². The van der Waals surface area contributed by atoms with Crippen LogP contribution in [0.15, 0.2) is 54.6 Å². The largest absolute Gasteiger partial charge is 0.388 e. The quantitative estimate of drug-likeness (QED) is 0.833. The second-order valence-corrected chi connectivity index (χ2v) is 7.16. The highest BCUT2D eigenvalue weighted by Gasteiger charge is 2.24. The highest BCUT2D eigenvalue weighted by atomic mass is 16.3. The lowest BCUT2D eigenvalue weighted by molar-refractivity contribution is 0.0748. The summed E-state index contributed by atoms with van der Waals surface area (Å²) in [5.41, 5.74) is 3.44. The fraction of sp³-hybridized carbons (Fsp3) is 0.455. The SMILES string of the molecule is CC1CCCC(C)N1CCC(O)c1ccc(-c2ccccc2)cc1. The Hall–Kier alpha value is -1.64. The van der Waals surface area contributed by atoms with E-state index in [9.17, 15) is 5.11 Å². The van der Waals surface area contributed by atoms with Crippen molar-refractivity contribution in [2.24, 2.45) is 0 Å². The maximum Gasteiger partial charge on any atom is 0.0802 e. The summed E-state index contributed by atoms with van der Waals surface area (Å²) >= 11 is 0. The monoisotopic (exact) mass is 323 g/mol. The molecule has 0 spiro atoms. The van der Waals surface area contributed by atoms with Crippen LogP contribution in [-0.2, 0) is 0 Å². The molecule has 3 unspecified atom stereocenters. The molecule has 2 aromatic carbocycles. The van der Waals surface area contributed by atoms with Gasteiger partial charge in [0.2, 0.25) is 0 Å². The average Bonchev–Trinajstić information content (AvgIpc) is 2.62. The summed E-state index contributed by atoms with van der Waals surface area (Å²) in [6, 6.07) is 20.0. The van der Waals surface area contributed by atoms with E-state index in [-0.39, 0.29) is 6.10 Å². The van der Waals surface area contributed by atoms with E-state index in [1.54, 1.807) is 0 Å². The summed E-state index contributed by atoms with van der Waals surface area (Å²) in [5, 5.41) is 10.6. The minimum absolute atomic E-state index is 0.379. The minimum atomic E-state index is -0.379. The van der Waals surface area contributed by atoms with E-state index in [2.05, 4.69) is 67.3 Å². The third-order valence-corrected chi connectivity index (χ3v) is 5.44. The average molecular weight is 323 g/mol. The fourth-order valence-electron chi connectivity index (χ4n) is 3.88. The van der Waals surface area contributed by atoms with E-state index in [1.807, 2.05) is 6.07 Å². The topological polar surface area (TPSA) is 23.5 Å². The molecule has 0 saturated carbocycles. The lowest BCUT2D eigenvalue weighted by Crippen LogP contribution is -2.44. The summed E-state index contributed by atoms with van der Waals surface area (Å²) < 4.78 is 0. The highest BCUT2D eigenvalue weighted by molar-refractivity contribution is 5.63. The summed E-state index contributed by atoms with van der Waals surface area (Å²) in [6.45, 7) is 5.61. The Morgan fingerprint density at radius 2 is 1.50 bits per heavy atom. The molecule has 2 aromatic rings. The second kappa shape index (κ2) is 7.96. The van der Waals surface area contributed by atoms with Crippen molar-refractivity contribution in [2.45, 2.75) is 57.7 Å². The van der Waals surface area contributed by atoms with E-state index in [1.165, 1.54) is 30.4 Å². The molecule has 3 atom stereocenters. The molecule has 1 heterocycles. The van der Waals surface area contributed by atoms with E-state index in [0.717, 1.165) is 18.5 Å². The number of benzene rings is 2. The van der Waals surface area contributed by atoms with Crippen molar-refractivity contribution in [3.8, 4) is 11.1 Å². The first-order chi connectivity index (χ1) is 11.6. The van der Waals surface area contributed by atoms with Gasteiger partial charge in [-0.2, -0.15) is 0 Å². The number of piperidine rings is 1. The van der Waals surface area contributed by atoms with Gasteiger partial charge in [0.05, 0.1) is 6.10 Å². The van der Waals surface area contributed by atoms with Gasteiger partial charge < -0.3 is 5.11 Å². The summed E-state index contributed by atoms with van der Waals surface area (Å²) in [7, 11) is 0. The number of aliphatic hydroxyl groups excluding tert-OH is 1. The van der Waals surface area contributed by atoms with Crippen LogP contribution in [0.25, 0.3) is 11.1 Å². The van der Waals surface area contributed by atoms with Gasteiger partial charge in [-0.05, 0) is 49.8 Å². The minimum Gasteiger partial charge on any atom is -0.388 e. The lowest BCUT2D eigenvalue weighted by Gasteiger charge is -2.39. The Morgan fingerprint density at radius 1 is 0.917 bits per heavy atom. The fourth-order valence-corrected chi connectivity index (χ4v) is 3.88. The molecule has 1 aliphatic rings. The Morgan fingerprint density at radius 3 is 2.12 bits per heavy atom. The molecule has 1 N–H and O–H groups in total. The number of nitrogens with zero attached hydrogens (tertiary/aromatic N) is 1. The van der Waals surface area contributed by atoms with Gasteiger partial charge in [-0.25, -0.2) is 0 Å². The number of aliphatic hydroxyl groups is 1. The van der Waals surface area contributed by atoms with Crippen LogP contribution < -0.4 is 0 Å². The number of rotatable bonds is 5. The molecule has 1 saturated heterocycles. The Labute approximate surface area is 146 Å². The molecular formula is C22H29NO. The molecule has 2 heteroatoms. The maximum atomic E-state index is 10.6. The van der Waals surface area contributed by atoms with Gasteiger partial charge in [-0.15, -0.1) is 0 Å². The molecule has 0 aromatic heterocycles. The van der Waals surface area contributed by atoms with Gasteiger partial charge in [-0.1, -0.05) is 61.0 Å². The zero-order valence-corrected chi connectivity index (χ0v) is 14.9. The molecule has 0 amide bonds. The highest BCUT2D eigenvalue weighted by Crippen LogP contribution is 2.26. The van der Waals surface area contributed by atoms with Crippen LogP contribution in [0.5, 0.6) is 0 Å². The lowest BCUT2D eigenvalue weighted by atomic mass is 9.96. The zero-order valence-electron chi connectivity index (χ0n) is 14.9. The molecule has 0 bridgehead atoms. The van der Waals surface area contributed by atoms with Crippen molar-refractivity contribution < 1.29 is 5.11 Å². The van der Waals surface area contributed by atoms with Crippen LogP contribution in [0, 0.1) is 0 Å². The molecule has 24 heavy (non-hydrogen) atoms. The molecule has 1 fully saturated rings. The first-order valence-corrected chi connectivity index (χ1v) is 9.24. The molecule has 0 radical (unpaired) electrons. The van der Waals surface area contributed by atoms with E-state index < -0.39 is 0 Å². The van der Waals surface area contributed by atoms with Crippen molar-refractivity contribution in [3.05, 3.63) is 60.2 Å². The molecule has 2 nitrogen and oxygen atoms in total. The van der Waals surface area contributed by atoms with Crippen LogP contribution >= 0.6 is 0 Å². The molecule has 3 rings (SSSR count). The Balaban J connectivity index is 1.60. The van der Waals surface area contributed by atoms with Crippen LogP contribution in [0.2, 0.25) is 0 Å². The third-order valence-electron chi connectivity index (χ3n) is 5.44. The smallest absolute Gasteiger partial charge is 0.0802 e. The van der Waals surface area contributed by atoms with E-state index in [4.69, 9.17) is 0 Å². The first kappa shape index (κ1) is 17.2. The number of likely N-dealkylation sites (tertiary alicyclic amines) is 1. The van der Waals surface area contributed by atoms with Gasteiger partial charge >= 0.3 is 0 Å². The molecule has 1 aliphatic heterocycles. The zero-order chi connectivity index (χ0) is 16.9. The van der Waals surface area contributed by atoms with Crippen molar-refractivity contribution in [1.82, 2.24) is 4.90 Å². The standard InChI is InChI=1S/C22H29NO/c1-17-7-6-8-18(2)23(17)16-15-22(24)21-13-11-20(12-14-21)19-9-4-3-5-10-19/h3-5,9-14,17-18,22,24H,6-8,15-16H2,1-2H3. The summed E-state index contributed by atoms with van der Waals surface area (Å²) in [6.07, 6.45) is 4.33. The number of hydrogen-bond acceptors (Lipinski definition) is 2. The van der Waals surface area contributed by atoms with Crippen LogP contribution in [0.4, 0.5) is 0 Å². The third kappa shape index (κ3) is 4.06. The number of hydrogen-bond donors (Lipinski definition) is 1. The van der Waals surface area contributed by atoms with Gasteiger partial charge in [-0.3, -0.25) is 4.90 Å². The predicted octanol–water partition coefficient (Wildman–Crippen LogP) is 5.04. The van der Waals surface area contributed by atoms with E-state index in [0.29, 0.717) is 12.1 Å². The Kier molecular flexibility index (Phi) is 5.70. The Bertz CT molecular complexity index is 612. The molecule has 0 aliphatic carbocycles. The maximum absolute atomic E-state index is 10.6. The molecule has 128 valence electrons. The van der Waals surface area contributed by atoms with Crippen molar-refractivity contribution >= 4 is 0 Å². The van der Waals surface area contributed by atoms with Crippen LogP contribution in [0.1, 0.15) is 51.2 Å². The van der Waals surface area contributed by atoms with Crippen molar-refractivity contribution in [1.29, 1.82) is 0 Å².